The largest absolute Gasteiger partial charge is 0.378 e. The van der Waals surface area contributed by atoms with Gasteiger partial charge in [-0.2, -0.15) is 0 Å². The number of fused-ring (bicyclic) bond motifs is 1. The molecule has 1 aromatic carbocycles. The summed E-state index contributed by atoms with van der Waals surface area (Å²) in [6.45, 7) is 2.01. The Kier molecular flexibility index (Phi) is 4.47. The van der Waals surface area contributed by atoms with Crippen molar-refractivity contribution in [1.29, 1.82) is 0 Å². The minimum Gasteiger partial charge on any atom is -0.378 e. The molecule has 7 heteroatoms. The van der Waals surface area contributed by atoms with E-state index in [1.54, 1.807) is 17.0 Å². The molecular weight excluding hydrogens is 301 g/mol. The molecule has 0 saturated carbocycles. The number of benzene rings is 1. The monoisotopic (exact) mass is 317 g/mol. The second kappa shape index (κ2) is 6.70. The molecule has 23 heavy (non-hydrogen) atoms. The Labute approximate surface area is 132 Å². The highest BCUT2D eigenvalue weighted by molar-refractivity contribution is 5.98. The molecule has 1 N–H and O–H groups in total. The third-order valence-electron chi connectivity index (χ3n) is 3.67. The molecule has 1 aromatic heterocycles. The Morgan fingerprint density at radius 3 is 2.83 bits per heavy atom. The maximum absolute atomic E-state index is 13.2. The van der Waals surface area contributed by atoms with E-state index in [9.17, 15) is 14.0 Å². The van der Waals surface area contributed by atoms with Crippen LogP contribution in [0.15, 0.2) is 30.5 Å². The summed E-state index contributed by atoms with van der Waals surface area (Å²) in [5.41, 5.74) is 0.894. The van der Waals surface area contributed by atoms with E-state index in [-0.39, 0.29) is 23.8 Å². The number of rotatable bonds is 3. The van der Waals surface area contributed by atoms with Gasteiger partial charge < -0.3 is 15.0 Å². The van der Waals surface area contributed by atoms with Gasteiger partial charge in [0, 0.05) is 24.7 Å². The summed E-state index contributed by atoms with van der Waals surface area (Å²) in [7, 11) is 0. The molecule has 2 aromatic rings. The lowest BCUT2D eigenvalue weighted by Gasteiger charge is -2.26. The van der Waals surface area contributed by atoms with Crippen LogP contribution in [-0.2, 0) is 9.53 Å². The quantitative estimate of drug-likeness (QED) is 0.915. The standard InChI is InChI=1S/C16H16FN3O3/c17-13-1-2-14-11(8-13)7-12(9-18-14)16(22)19-10-15(21)20-3-5-23-6-4-20/h1-2,7-9H,3-6,10H2,(H,19,22). The summed E-state index contributed by atoms with van der Waals surface area (Å²) >= 11 is 0. The number of aromatic nitrogens is 1. The molecule has 1 saturated heterocycles. The molecule has 2 amide bonds. The molecular formula is C16H16FN3O3. The molecule has 120 valence electrons. The second-order valence-corrected chi connectivity index (χ2v) is 5.24. The molecule has 6 nitrogen and oxygen atoms in total. The van der Waals surface area contributed by atoms with E-state index in [2.05, 4.69) is 10.3 Å². The first-order valence-corrected chi connectivity index (χ1v) is 7.32. The number of halogens is 1. The molecule has 0 unspecified atom stereocenters. The highest BCUT2D eigenvalue weighted by Crippen LogP contribution is 2.14. The predicted octanol–water partition coefficient (Wildman–Crippen LogP) is 0.962. The van der Waals surface area contributed by atoms with Crippen LogP contribution in [0.5, 0.6) is 0 Å². The number of nitrogens with one attached hydrogen (secondary N) is 1. The van der Waals surface area contributed by atoms with Gasteiger partial charge >= 0.3 is 0 Å². The normalized spacial score (nSPS) is 14.7. The van der Waals surface area contributed by atoms with Crippen molar-refractivity contribution in [1.82, 2.24) is 15.2 Å². The van der Waals surface area contributed by atoms with Gasteiger partial charge in [0.15, 0.2) is 0 Å². The zero-order valence-corrected chi connectivity index (χ0v) is 12.4. The van der Waals surface area contributed by atoms with Crippen molar-refractivity contribution in [2.45, 2.75) is 0 Å². The van der Waals surface area contributed by atoms with Gasteiger partial charge in [-0.15, -0.1) is 0 Å². The van der Waals surface area contributed by atoms with Crippen LogP contribution in [0.1, 0.15) is 10.4 Å². The third-order valence-corrected chi connectivity index (χ3v) is 3.67. The Bertz CT molecular complexity index is 744. The number of carbonyl (C=O) groups is 2. The topological polar surface area (TPSA) is 71.5 Å². The summed E-state index contributed by atoms with van der Waals surface area (Å²) in [5.74, 6) is -0.953. The van der Waals surface area contributed by atoms with E-state index in [0.29, 0.717) is 37.2 Å². The molecule has 3 rings (SSSR count). The van der Waals surface area contributed by atoms with Crippen molar-refractivity contribution in [3.8, 4) is 0 Å². The van der Waals surface area contributed by atoms with Gasteiger partial charge in [0.1, 0.15) is 5.82 Å². The number of morpholine rings is 1. The van der Waals surface area contributed by atoms with Gasteiger partial charge in [0.2, 0.25) is 5.91 Å². The van der Waals surface area contributed by atoms with E-state index >= 15 is 0 Å². The predicted molar refractivity (Wildman–Crippen MR) is 81.4 cm³/mol. The van der Waals surface area contributed by atoms with Crippen molar-refractivity contribution >= 4 is 22.7 Å². The van der Waals surface area contributed by atoms with Gasteiger partial charge in [-0.25, -0.2) is 4.39 Å². The van der Waals surface area contributed by atoms with Crippen molar-refractivity contribution in [2.24, 2.45) is 0 Å². The lowest BCUT2D eigenvalue weighted by atomic mass is 10.1. The van der Waals surface area contributed by atoms with E-state index in [4.69, 9.17) is 4.74 Å². The van der Waals surface area contributed by atoms with Crippen LogP contribution in [-0.4, -0.2) is 54.5 Å². The number of carbonyl (C=O) groups excluding carboxylic acids is 2. The van der Waals surface area contributed by atoms with Gasteiger partial charge in [-0.3, -0.25) is 14.6 Å². The van der Waals surface area contributed by atoms with E-state index < -0.39 is 5.91 Å². The fourth-order valence-corrected chi connectivity index (χ4v) is 2.41. The lowest BCUT2D eigenvalue weighted by molar-refractivity contribution is -0.134. The number of hydrogen-bond donors (Lipinski definition) is 1. The molecule has 1 fully saturated rings. The number of pyridine rings is 1. The van der Waals surface area contributed by atoms with Crippen LogP contribution in [0.2, 0.25) is 0 Å². The summed E-state index contributed by atoms with van der Waals surface area (Å²) in [5, 5.41) is 3.11. The Morgan fingerprint density at radius 1 is 1.26 bits per heavy atom. The summed E-state index contributed by atoms with van der Waals surface area (Å²) in [6.07, 6.45) is 1.41. The van der Waals surface area contributed by atoms with Gasteiger partial charge in [0.05, 0.1) is 30.8 Å². The van der Waals surface area contributed by atoms with E-state index in [1.165, 1.54) is 18.3 Å². The van der Waals surface area contributed by atoms with Crippen molar-refractivity contribution < 1.29 is 18.7 Å². The van der Waals surface area contributed by atoms with Gasteiger partial charge in [-0.1, -0.05) is 0 Å². The molecule has 0 bridgehead atoms. The minimum atomic E-state index is -0.412. The van der Waals surface area contributed by atoms with E-state index in [1.807, 2.05) is 0 Å². The van der Waals surface area contributed by atoms with Crippen molar-refractivity contribution in [2.75, 3.05) is 32.8 Å². The molecule has 1 aliphatic rings. The summed E-state index contributed by atoms with van der Waals surface area (Å²) < 4.78 is 18.4. The van der Waals surface area contributed by atoms with Crippen molar-refractivity contribution in [3.63, 3.8) is 0 Å². The van der Waals surface area contributed by atoms with Crippen LogP contribution in [0.3, 0.4) is 0 Å². The van der Waals surface area contributed by atoms with Crippen LogP contribution in [0.25, 0.3) is 10.9 Å². The van der Waals surface area contributed by atoms with Crippen molar-refractivity contribution in [3.05, 3.63) is 41.8 Å². The lowest BCUT2D eigenvalue weighted by Crippen LogP contribution is -2.45. The molecule has 0 spiro atoms. The Hall–Kier alpha value is -2.54. The molecule has 1 aliphatic heterocycles. The minimum absolute atomic E-state index is 0.0833. The molecule has 0 radical (unpaired) electrons. The fourth-order valence-electron chi connectivity index (χ4n) is 2.41. The first-order valence-electron chi connectivity index (χ1n) is 7.32. The van der Waals surface area contributed by atoms with E-state index in [0.717, 1.165) is 0 Å². The third kappa shape index (κ3) is 3.62. The summed E-state index contributed by atoms with van der Waals surface area (Å²) in [6, 6.07) is 5.74. The molecule has 0 aliphatic carbocycles. The van der Waals surface area contributed by atoms with Crippen LogP contribution in [0, 0.1) is 5.82 Å². The zero-order chi connectivity index (χ0) is 16.2. The smallest absolute Gasteiger partial charge is 0.253 e. The first-order chi connectivity index (χ1) is 11.1. The average Bonchev–Trinajstić information content (AvgIpc) is 2.59. The zero-order valence-electron chi connectivity index (χ0n) is 12.4. The summed E-state index contributed by atoms with van der Waals surface area (Å²) in [4.78, 5) is 29.9. The van der Waals surface area contributed by atoms with Crippen LogP contribution in [0.4, 0.5) is 4.39 Å². The van der Waals surface area contributed by atoms with Crippen LogP contribution >= 0.6 is 0 Å². The SMILES string of the molecule is O=C(NCC(=O)N1CCOCC1)c1cnc2ccc(F)cc2c1. The number of hydrogen-bond acceptors (Lipinski definition) is 4. The fraction of sp³-hybridized carbons (Fsp3) is 0.312. The molecule has 0 atom stereocenters. The maximum Gasteiger partial charge on any atom is 0.253 e. The number of nitrogens with zero attached hydrogens (tertiary/aromatic N) is 2. The Morgan fingerprint density at radius 2 is 2.04 bits per heavy atom. The molecule has 2 heterocycles. The van der Waals surface area contributed by atoms with Gasteiger partial charge in [-0.05, 0) is 24.3 Å². The highest BCUT2D eigenvalue weighted by Gasteiger charge is 2.17. The van der Waals surface area contributed by atoms with Crippen LogP contribution < -0.4 is 5.32 Å². The Balaban J connectivity index is 1.64. The maximum atomic E-state index is 13.2. The number of amides is 2. The highest BCUT2D eigenvalue weighted by atomic mass is 19.1. The number of ether oxygens (including phenoxy) is 1. The average molecular weight is 317 g/mol. The second-order valence-electron chi connectivity index (χ2n) is 5.24. The first kappa shape index (κ1) is 15.4. The van der Waals surface area contributed by atoms with Gasteiger partial charge in [0.25, 0.3) is 5.91 Å².